The Balaban J connectivity index is 1.61. The molecule has 0 aliphatic carbocycles. The number of aryl methyl sites for hydroxylation is 1. The van der Waals surface area contributed by atoms with Gasteiger partial charge in [-0.25, -0.2) is 4.99 Å². The maximum Gasteiger partial charge on any atom is 0.194 e. The number of hydrogen-bond acceptors (Lipinski definition) is 3. The van der Waals surface area contributed by atoms with E-state index in [1.807, 2.05) is 24.9 Å². The highest BCUT2D eigenvalue weighted by atomic mass is 16.5. The van der Waals surface area contributed by atoms with E-state index in [-0.39, 0.29) is 0 Å². The summed E-state index contributed by atoms with van der Waals surface area (Å²) >= 11 is 0. The second-order valence-electron chi connectivity index (χ2n) is 7.00. The Morgan fingerprint density at radius 3 is 2.70 bits per heavy atom. The Kier molecular flexibility index (Phi) is 6.87. The van der Waals surface area contributed by atoms with Gasteiger partial charge in [-0.1, -0.05) is 24.3 Å². The Morgan fingerprint density at radius 2 is 2.04 bits per heavy atom. The van der Waals surface area contributed by atoms with Gasteiger partial charge >= 0.3 is 0 Å². The average molecular weight is 370 g/mol. The van der Waals surface area contributed by atoms with Crippen LogP contribution in [0, 0.1) is 0 Å². The molecule has 6 nitrogen and oxygen atoms in total. The average Bonchev–Trinajstić information content (AvgIpc) is 3.33. The zero-order valence-corrected chi connectivity index (χ0v) is 16.7. The smallest absolute Gasteiger partial charge is 0.194 e. The van der Waals surface area contributed by atoms with Gasteiger partial charge in [-0.2, -0.15) is 5.10 Å². The van der Waals surface area contributed by atoms with Crippen LogP contribution in [0.25, 0.3) is 0 Å². The quantitative estimate of drug-likeness (QED) is 0.602. The molecule has 0 bridgehead atoms. The van der Waals surface area contributed by atoms with Crippen molar-refractivity contribution < 1.29 is 4.74 Å². The zero-order chi connectivity index (χ0) is 19.1. The van der Waals surface area contributed by atoms with E-state index in [0.717, 1.165) is 38.6 Å². The lowest BCUT2D eigenvalue weighted by atomic mass is 10.0. The molecule has 0 amide bonds. The highest BCUT2D eigenvalue weighted by molar-refractivity contribution is 5.80. The predicted molar refractivity (Wildman–Crippen MR) is 109 cm³/mol. The van der Waals surface area contributed by atoms with E-state index in [1.54, 1.807) is 0 Å². The summed E-state index contributed by atoms with van der Waals surface area (Å²) in [7, 11) is 1.97. The number of nitrogens with zero attached hydrogens (tertiary/aromatic N) is 4. The van der Waals surface area contributed by atoms with Crippen LogP contribution in [0.15, 0.2) is 41.7 Å². The normalized spacial score (nSPS) is 17.5. The van der Waals surface area contributed by atoms with Crippen LogP contribution < -0.4 is 5.32 Å². The molecule has 0 radical (unpaired) electrons. The fraction of sp³-hybridized carbons (Fsp3) is 0.524. The largest absolute Gasteiger partial charge is 0.377 e. The van der Waals surface area contributed by atoms with Crippen molar-refractivity contribution in [3.05, 3.63) is 53.3 Å². The first-order valence-electron chi connectivity index (χ1n) is 9.87. The second kappa shape index (κ2) is 9.55. The molecule has 1 atom stereocenters. The number of guanidine groups is 1. The van der Waals surface area contributed by atoms with Crippen LogP contribution in [-0.2, 0) is 24.9 Å². The highest BCUT2D eigenvalue weighted by Crippen LogP contribution is 2.26. The standard InChI is InChI=1S/C21H31N5O/c1-4-22-21(23-12-17-6-8-18(9-7-17)16-27-5-2)26-11-10-19(15-26)20-13-24-25(3)14-20/h6-9,13-14,19H,4-5,10-12,15-16H2,1-3H3,(H,22,23). The van der Waals surface area contributed by atoms with Gasteiger partial charge in [0, 0.05) is 45.4 Å². The zero-order valence-electron chi connectivity index (χ0n) is 16.7. The van der Waals surface area contributed by atoms with Crippen molar-refractivity contribution in [2.24, 2.45) is 12.0 Å². The van der Waals surface area contributed by atoms with E-state index in [0.29, 0.717) is 19.1 Å². The number of likely N-dealkylation sites (tertiary alicyclic amines) is 1. The minimum atomic E-state index is 0.528. The lowest BCUT2D eigenvalue weighted by Crippen LogP contribution is -2.40. The van der Waals surface area contributed by atoms with Crippen molar-refractivity contribution in [3.8, 4) is 0 Å². The molecule has 1 N–H and O–H groups in total. The lowest BCUT2D eigenvalue weighted by Gasteiger charge is -2.21. The summed E-state index contributed by atoms with van der Waals surface area (Å²) < 4.78 is 7.34. The fourth-order valence-corrected chi connectivity index (χ4v) is 3.43. The Bertz CT molecular complexity index is 737. The van der Waals surface area contributed by atoms with Gasteiger partial charge in [0.05, 0.1) is 19.3 Å². The molecular weight excluding hydrogens is 338 g/mol. The van der Waals surface area contributed by atoms with Gasteiger partial charge in [-0.15, -0.1) is 0 Å². The summed E-state index contributed by atoms with van der Waals surface area (Å²) in [5.41, 5.74) is 3.74. The Labute approximate surface area is 162 Å². The summed E-state index contributed by atoms with van der Waals surface area (Å²) in [6.07, 6.45) is 5.26. The second-order valence-corrected chi connectivity index (χ2v) is 7.00. The molecule has 0 saturated carbocycles. The molecule has 3 rings (SSSR count). The van der Waals surface area contributed by atoms with Crippen LogP contribution in [0.2, 0.25) is 0 Å². The van der Waals surface area contributed by atoms with Gasteiger partial charge in [0.25, 0.3) is 0 Å². The lowest BCUT2D eigenvalue weighted by molar-refractivity contribution is 0.134. The molecule has 0 spiro atoms. The van der Waals surface area contributed by atoms with Crippen molar-refractivity contribution in [3.63, 3.8) is 0 Å². The number of aromatic nitrogens is 2. The molecular formula is C21H31N5O. The van der Waals surface area contributed by atoms with E-state index in [9.17, 15) is 0 Å². The maximum absolute atomic E-state index is 5.45. The summed E-state index contributed by atoms with van der Waals surface area (Å²) in [6, 6.07) is 8.54. The molecule has 1 saturated heterocycles. The third-order valence-corrected chi connectivity index (χ3v) is 4.93. The van der Waals surface area contributed by atoms with Crippen LogP contribution in [0.4, 0.5) is 0 Å². The predicted octanol–water partition coefficient (Wildman–Crippen LogP) is 2.91. The molecule has 1 aliphatic rings. The van der Waals surface area contributed by atoms with Crippen LogP contribution in [0.5, 0.6) is 0 Å². The summed E-state index contributed by atoms with van der Waals surface area (Å²) in [6.45, 7) is 9.13. The van der Waals surface area contributed by atoms with Crippen LogP contribution in [0.3, 0.4) is 0 Å². The molecule has 2 heterocycles. The van der Waals surface area contributed by atoms with E-state index >= 15 is 0 Å². The van der Waals surface area contributed by atoms with Crippen molar-refractivity contribution in [2.75, 3.05) is 26.2 Å². The molecule has 146 valence electrons. The van der Waals surface area contributed by atoms with Gasteiger partial charge in [-0.05, 0) is 37.0 Å². The van der Waals surface area contributed by atoms with E-state index in [2.05, 4.69) is 52.7 Å². The molecule has 1 aliphatic heterocycles. The van der Waals surface area contributed by atoms with Crippen molar-refractivity contribution in [1.29, 1.82) is 0 Å². The van der Waals surface area contributed by atoms with Crippen LogP contribution >= 0.6 is 0 Å². The van der Waals surface area contributed by atoms with Gasteiger partial charge in [-0.3, -0.25) is 4.68 Å². The summed E-state index contributed by atoms with van der Waals surface area (Å²) in [5, 5.41) is 7.76. The van der Waals surface area contributed by atoms with E-state index in [4.69, 9.17) is 9.73 Å². The molecule has 1 aromatic carbocycles. The highest BCUT2D eigenvalue weighted by Gasteiger charge is 2.26. The van der Waals surface area contributed by atoms with Crippen LogP contribution in [-0.4, -0.2) is 46.9 Å². The van der Waals surface area contributed by atoms with Crippen molar-refractivity contribution >= 4 is 5.96 Å². The van der Waals surface area contributed by atoms with Crippen molar-refractivity contribution in [1.82, 2.24) is 20.0 Å². The molecule has 6 heteroatoms. The van der Waals surface area contributed by atoms with Gasteiger partial charge < -0.3 is 15.0 Å². The van der Waals surface area contributed by atoms with Crippen molar-refractivity contribution in [2.45, 2.75) is 39.3 Å². The fourth-order valence-electron chi connectivity index (χ4n) is 3.43. The third-order valence-electron chi connectivity index (χ3n) is 4.93. The number of benzene rings is 1. The SMILES string of the molecule is CCNC(=NCc1ccc(COCC)cc1)N1CCC(c2cnn(C)c2)C1. The number of aliphatic imine (C=N–C) groups is 1. The van der Waals surface area contributed by atoms with E-state index < -0.39 is 0 Å². The first kappa shape index (κ1) is 19.4. The Hall–Kier alpha value is -2.34. The molecule has 1 aromatic heterocycles. The third kappa shape index (κ3) is 5.32. The van der Waals surface area contributed by atoms with Crippen LogP contribution in [0.1, 0.15) is 42.9 Å². The maximum atomic E-state index is 5.45. The molecule has 27 heavy (non-hydrogen) atoms. The topological polar surface area (TPSA) is 54.7 Å². The van der Waals surface area contributed by atoms with E-state index in [1.165, 1.54) is 16.7 Å². The number of rotatable bonds is 7. The number of nitrogens with one attached hydrogen (secondary N) is 1. The Morgan fingerprint density at radius 1 is 1.26 bits per heavy atom. The monoisotopic (exact) mass is 369 g/mol. The summed E-state index contributed by atoms with van der Waals surface area (Å²) in [5.74, 6) is 1.53. The van der Waals surface area contributed by atoms with Gasteiger partial charge in [0.1, 0.15) is 0 Å². The molecule has 1 unspecified atom stereocenters. The summed E-state index contributed by atoms with van der Waals surface area (Å²) in [4.78, 5) is 7.24. The minimum Gasteiger partial charge on any atom is -0.377 e. The number of ether oxygens (including phenoxy) is 1. The van der Waals surface area contributed by atoms with Gasteiger partial charge in [0.2, 0.25) is 0 Å². The molecule has 2 aromatic rings. The van der Waals surface area contributed by atoms with Gasteiger partial charge in [0.15, 0.2) is 5.96 Å². The number of hydrogen-bond donors (Lipinski definition) is 1. The minimum absolute atomic E-state index is 0.528. The first-order chi connectivity index (χ1) is 13.2. The molecule has 1 fully saturated rings. The first-order valence-corrected chi connectivity index (χ1v) is 9.87.